The van der Waals surface area contributed by atoms with Gasteiger partial charge in [0.15, 0.2) is 5.17 Å². The van der Waals surface area contributed by atoms with Crippen molar-refractivity contribution in [3.63, 3.8) is 0 Å². The molecule has 1 aliphatic rings. The van der Waals surface area contributed by atoms with Crippen LogP contribution in [-0.2, 0) is 11.0 Å². The number of carbonyl (C=O) groups excluding carboxylic acids is 1. The van der Waals surface area contributed by atoms with Gasteiger partial charge in [-0.1, -0.05) is 33.6 Å². The number of nitro benzene ring substituents is 1. The van der Waals surface area contributed by atoms with E-state index in [4.69, 9.17) is 16.3 Å². The predicted molar refractivity (Wildman–Crippen MR) is 139 cm³/mol. The van der Waals surface area contributed by atoms with Crippen molar-refractivity contribution in [1.29, 1.82) is 0 Å². The Morgan fingerprint density at radius 2 is 1.86 bits per heavy atom. The summed E-state index contributed by atoms with van der Waals surface area (Å²) in [5.74, 6) is -0.765. The first kappa shape index (κ1) is 26.7. The van der Waals surface area contributed by atoms with Crippen molar-refractivity contribution in [2.75, 3.05) is 0 Å². The maximum Gasteiger partial charge on any atom is 0.416 e. The number of rotatable bonds is 5. The lowest BCUT2D eigenvalue weighted by atomic mass is 10.1. The van der Waals surface area contributed by atoms with Gasteiger partial charge in [-0.15, -0.1) is 0 Å². The molecule has 0 spiro atoms. The van der Waals surface area contributed by atoms with Crippen molar-refractivity contribution >= 4 is 67.8 Å². The summed E-state index contributed by atoms with van der Waals surface area (Å²) in [5.41, 5.74) is 0.117. The second-order valence-corrected chi connectivity index (χ2v) is 10.00. The zero-order chi connectivity index (χ0) is 26.9. The first-order valence-electron chi connectivity index (χ1n) is 10.3. The minimum Gasteiger partial charge on any atom is -0.449 e. The molecule has 4 rings (SSSR count). The number of carbonyl (C=O) groups is 1. The summed E-state index contributed by atoms with van der Waals surface area (Å²) in [6.07, 6.45) is -3.17. The summed E-state index contributed by atoms with van der Waals surface area (Å²) in [6.45, 7) is 1.90. The van der Waals surface area contributed by atoms with Gasteiger partial charge in [0, 0.05) is 10.5 Å². The van der Waals surface area contributed by atoms with Crippen molar-refractivity contribution in [3.05, 3.63) is 95.8 Å². The third kappa shape index (κ3) is 6.32. The van der Waals surface area contributed by atoms with Crippen LogP contribution >= 0.6 is 39.3 Å². The number of benzene rings is 3. The molecular weight excluding hydrogens is 599 g/mol. The first-order valence-corrected chi connectivity index (χ1v) is 12.3. The van der Waals surface area contributed by atoms with E-state index >= 15 is 0 Å². The largest absolute Gasteiger partial charge is 0.449 e. The number of amides is 1. The Morgan fingerprint density at radius 1 is 1.14 bits per heavy atom. The molecule has 7 nitrogen and oxygen atoms in total. The molecule has 37 heavy (non-hydrogen) atoms. The standard InChI is InChI=1S/C24H14BrClF3N3O4S/c1-12-8-15(25)4-5-17(12)30-23-31-22(33)21(37-23)10-13-2-6-19(16(26)9-13)36-20-7-3-14(24(27,28)29)11-18(20)32(34)35/h2-11H,1H3,(H,30,31,33)/b21-10-. The van der Waals surface area contributed by atoms with E-state index in [2.05, 4.69) is 26.2 Å². The second kappa shape index (κ2) is 10.6. The highest BCUT2D eigenvalue weighted by molar-refractivity contribution is 9.10. The number of alkyl halides is 3. The van der Waals surface area contributed by atoms with Crippen molar-refractivity contribution in [3.8, 4) is 11.5 Å². The van der Waals surface area contributed by atoms with Crippen molar-refractivity contribution < 1.29 is 27.6 Å². The van der Waals surface area contributed by atoms with Gasteiger partial charge in [-0.25, -0.2) is 4.99 Å². The lowest BCUT2D eigenvalue weighted by Gasteiger charge is -2.11. The molecule has 0 bridgehead atoms. The number of aliphatic imine (C=N–C) groups is 1. The van der Waals surface area contributed by atoms with E-state index in [-0.39, 0.29) is 16.7 Å². The van der Waals surface area contributed by atoms with Crippen LogP contribution in [0.5, 0.6) is 11.5 Å². The minimum atomic E-state index is -4.75. The molecular formula is C24H14BrClF3N3O4S. The van der Waals surface area contributed by atoms with E-state index < -0.39 is 28.1 Å². The zero-order valence-electron chi connectivity index (χ0n) is 18.6. The van der Waals surface area contributed by atoms with E-state index in [1.54, 1.807) is 12.1 Å². The summed E-state index contributed by atoms with van der Waals surface area (Å²) in [6, 6.07) is 11.9. The Morgan fingerprint density at radius 3 is 2.51 bits per heavy atom. The quantitative estimate of drug-likeness (QED) is 0.179. The van der Waals surface area contributed by atoms with Crippen LogP contribution < -0.4 is 10.1 Å². The van der Waals surface area contributed by atoms with Gasteiger partial charge >= 0.3 is 11.9 Å². The molecule has 1 aliphatic heterocycles. The van der Waals surface area contributed by atoms with Crippen LogP contribution in [0.1, 0.15) is 16.7 Å². The van der Waals surface area contributed by atoms with Gasteiger partial charge in [-0.3, -0.25) is 14.9 Å². The zero-order valence-corrected chi connectivity index (χ0v) is 21.8. The minimum absolute atomic E-state index is 0.0110. The summed E-state index contributed by atoms with van der Waals surface area (Å²) >= 11 is 10.8. The van der Waals surface area contributed by atoms with Crippen molar-refractivity contribution in [2.45, 2.75) is 13.1 Å². The highest BCUT2D eigenvalue weighted by Crippen LogP contribution is 2.40. The van der Waals surface area contributed by atoms with Crippen LogP contribution in [0.2, 0.25) is 5.02 Å². The molecule has 0 radical (unpaired) electrons. The van der Waals surface area contributed by atoms with Gasteiger partial charge in [0.2, 0.25) is 5.75 Å². The van der Waals surface area contributed by atoms with E-state index in [0.29, 0.717) is 33.5 Å². The van der Waals surface area contributed by atoms with Gasteiger partial charge in [-0.05, 0) is 78.4 Å². The Hall–Kier alpha value is -3.35. The number of hydrogen-bond donors (Lipinski definition) is 1. The monoisotopic (exact) mass is 611 g/mol. The highest BCUT2D eigenvalue weighted by atomic mass is 79.9. The second-order valence-electron chi connectivity index (χ2n) is 7.64. The van der Waals surface area contributed by atoms with Gasteiger partial charge in [0.05, 0.1) is 26.1 Å². The summed E-state index contributed by atoms with van der Waals surface area (Å²) in [7, 11) is 0. The first-order chi connectivity index (χ1) is 17.4. The Kier molecular flexibility index (Phi) is 7.62. The lowest BCUT2D eigenvalue weighted by molar-refractivity contribution is -0.385. The fraction of sp³-hybridized carbons (Fsp3) is 0.0833. The smallest absolute Gasteiger partial charge is 0.416 e. The Bertz CT molecular complexity index is 1490. The number of thioether (sulfide) groups is 1. The average molecular weight is 613 g/mol. The summed E-state index contributed by atoms with van der Waals surface area (Å²) < 4.78 is 45.1. The van der Waals surface area contributed by atoms with Gasteiger partial charge in [0.1, 0.15) is 5.75 Å². The number of amidine groups is 1. The molecule has 3 aromatic carbocycles. The molecule has 1 heterocycles. The topological polar surface area (TPSA) is 93.8 Å². The van der Waals surface area contributed by atoms with E-state index in [9.17, 15) is 28.1 Å². The molecule has 0 aromatic heterocycles. The molecule has 1 fully saturated rings. The van der Waals surface area contributed by atoms with E-state index in [1.165, 1.54) is 12.1 Å². The summed E-state index contributed by atoms with van der Waals surface area (Å²) in [5, 5.41) is 14.4. The Balaban J connectivity index is 1.55. The molecule has 0 atom stereocenters. The van der Waals surface area contributed by atoms with Crippen LogP contribution in [0.25, 0.3) is 6.08 Å². The van der Waals surface area contributed by atoms with Gasteiger partial charge < -0.3 is 10.1 Å². The van der Waals surface area contributed by atoms with Crippen molar-refractivity contribution in [2.24, 2.45) is 4.99 Å². The van der Waals surface area contributed by atoms with Gasteiger partial charge in [0.25, 0.3) is 5.91 Å². The fourth-order valence-electron chi connectivity index (χ4n) is 3.22. The number of aryl methyl sites for hydroxylation is 1. The normalized spacial score (nSPS) is 15.8. The lowest BCUT2D eigenvalue weighted by Crippen LogP contribution is -2.19. The SMILES string of the molecule is Cc1cc(Br)ccc1N=C1NC(=O)/C(=C/c2ccc(Oc3ccc(C(F)(F)F)cc3[N+](=O)[O-])c(Cl)c2)S1. The number of ether oxygens (including phenoxy) is 1. The molecule has 1 amide bonds. The molecule has 1 saturated heterocycles. The van der Waals surface area contributed by atoms with Crippen LogP contribution in [0, 0.1) is 17.0 Å². The summed E-state index contributed by atoms with van der Waals surface area (Å²) in [4.78, 5) is 27.6. The average Bonchev–Trinajstić information content (AvgIpc) is 3.15. The fourth-order valence-corrected chi connectivity index (χ4v) is 4.75. The Labute approximate surface area is 225 Å². The van der Waals surface area contributed by atoms with Crippen LogP contribution in [0.15, 0.2) is 69.0 Å². The highest BCUT2D eigenvalue weighted by Gasteiger charge is 2.33. The number of hydrogen-bond acceptors (Lipinski definition) is 6. The molecule has 0 unspecified atom stereocenters. The number of halogens is 5. The maximum absolute atomic E-state index is 12.9. The van der Waals surface area contributed by atoms with Crippen LogP contribution in [0.3, 0.4) is 0 Å². The molecule has 0 saturated carbocycles. The van der Waals surface area contributed by atoms with Crippen LogP contribution in [0.4, 0.5) is 24.5 Å². The number of nitrogens with zero attached hydrogens (tertiary/aromatic N) is 2. The van der Waals surface area contributed by atoms with Gasteiger partial charge in [-0.2, -0.15) is 13.2 Å². The van der Waals surface area contributed by atoms with E-state index in [0.717, 1.165) is 27.9 Å². The molecule has 0 aliphatic carbocycles. The van der Waals surface area contributed by atoms with Crippen molar-refractivity contribution in [1.82, 2.24) is 5.32 Å². The predicted octanol–water partition coefficient (Wildman–Crippen LogP) is 8.02. The number of nitrogens with one attached hydrogen (secondary N) is 1. The van der Waals surface area contributed by atoms with E-state index in [1.807, 2.05) is 25.1 Å². The van der Waals surface area contributed by atoms with Crippen LogP contribution in [-0.4, -0.2) is 16.0 Å². The number of nitro groups is 1. The molecule has 13 heteroatoms. The maximum atomic E-state index is 12.9. The molecule has 190 valence electrons. The molecule has 3 aromatic rings. The third-order valence-corrected chi connectivity index (χ3v) is 6.69. The molecule has 1 N–H and O–H groups in total. The third-order valence-electron chi connectivity index (χ3n) is 4.99.